The van der Waals surface area contributed by atoms with Gasteiger partial charge in [-0.2, -0.15) is 0 Å². The molecule has 4 N–H and O–H groups in total. The molecule has 0 aliphatic carbocycles. The molecule has 6 heteroatoms. The Morgan fingerprint density at radius 3 is 1.97 bits per heavy atom. The second-order valence-electron chi connectivity index (χ2n) is 7.24. The summed E-state index contributed by atoms with van der Waals surface area (Å²) in [6, 6.07) is 29.3. The largest absolute Gasteiger partial charge is 0.354 e. The molecule has 0 bridgehead atoms. The van der Waals surface area contributed by atoms with Crippen molar-refractivity contribution in [3.63, 3.8) is 0 Å². The lowest BCUT2D eigenvalue weighted by atomic mass is 10.2. The first-order chi connectivity index (χ1) is 15.8. The Hall–Kier alpha value is -4.32. The zero-order valence-corrected chi connectivity index (χ0v) is 17.6. The second-order valence-corrected chi connectivity index (χ2v) is 7.24. The van der Waals surface area contributed by atoms with Gasteiger partial charge in [-0.3, -0.25) is 4.98 Å². The number of nitrogens with zero attached hydrogens (tertiary/aromatic N) is 1. The molecule has 0 aliphatic heterocycles. The lowest BCUT2D eigenvalue weighted by Crippen LogP contribution is -2.30. The van der Waals surface area contributed by atoms with Gasteiger partial charge >= 0.3 is 6.03 Å². The van der Waals surface area contributed by atoms with Crippen LogP contribution in [-0.2, 0) is 6.42 Å². The van der Waals surface area contributed by atoms with Gasteiger partial charge in [0.1, 0.15) is 0 Å². The van der Waals surface area contributed by atoms with E-state index in [0.717, 1.165) is 34.0 Å². The lowest BCUT2D eigenvalue weighted by molar-refractivity contribution is 0.252. The fourth-order valence-corrected chi connectivity index (χ4v) is 3.24. The Balaban J connectivity index is 1.34. The van der Waals surface area contributed by atoms with E-state index in [-0.39, 0.29) is 6.03 Å². The van der Waals surface area contributed by atoms with E-state index < -0.39 is 0 Å². The molecule has 4 rings (SSSR count). The summed E-state index contributed by atoms with van der Waals surface area (Å²) in [5.41, 5.74) is 5.63. The van der Waals surface area contributed by atoms with Crippen LogP contribution in [0.3, 0.4) is 0 Å². The molecular weight excluding hydrogens is 398 g/mol. The van der Waals surface area contributed by atoms with Crippen LogP contribution in [0, 0.1) is 0 Å². The number of para-hydroxylation sites is 4. The van der Waals surface area contributed by atoms with Gasteiger partial charge in [-0.05, 0) is 54.4 Å². The van der Waals surface area contributed by atoms with Crippen LogP contribution in [0.5, 0.6) is 0 Å². The minimum atomic E-state index is -0.223. The van der Waals surface area contributed by atoms with E-state index in [9.17, 15) is 4.79 Å². The van der Waals surface area contributed by atoms with Crippen molar-refractivity contribution in [1.82, 2.24) is 10.3 Å². The number of rotatable bonds is 8. The van der Waals surface area contributed by atoms with Gasteiger partial charge in [0.15, 0.2) is 0 Å². The van der Waals surface area contributed by atoms with Crippen molar-refractivity contribution >= 4 is 34.5 Å². The maximum Gasteiger partial charge on any atom is 0.319 e. The van der Waals surface area contributed by atoms with Gasteiger partial charge in [-0.1, -0.05) is 48.5 Å². The van der Waals surface area contributed by atoms with Gasteiger partial charge in [-0.15, -0.1) is 0 Å². The van der Waals surface area contributed by atoms with Crippen molar-refractivity contribution < 1.29 is 4.79 Å². The van der Waals surface area contributed by atoms with Crippen LogP contribution in [0.1, 0.15) is 5.56 Å². The third-order valence-electron chi connectivity index (χ3n) is 4.78. The van der Waals surface area contributed by atoms with Crippen molar-refractivity contribution in [3.05, 3.63) is 109 Å². The summed E-state index contributed by atoms with van der Waals surface area (Å²) in [5, 5.41) is 12.6. The number of hydrogen-bond donors (Lipinski definition) is 4. The molecule has 0 saturated carbocycles. The molecule has 32 heavy (non-hydrogen) atoms. The Morgan fingerprint density at radius 2 is 1.28 bits per heavy atom. The number of aromatic nitrogens is 1. The van der Waals surface area contributed by atoms with Crippen LogP contribution >= 0.6 is 0 Å². The van der Waals surface area contributed by atoms with E-state index in [1.165, 1.54) is 0 Å². The maximum absolute atomic E-state index is 12.0. The van der Waals surface area contributed by atoms with E-state index in [1.54, 1.807) is 6.20 Å². The highest BCUT2D eigenvalue weighted by Gasteiger charge is 2.05. The van der Waals surface area contributed by atoms with E-state index in [4.69, 9.17) is 0 Å². The highest BCUT2D eigenvalue weighted by Crippen LogP contribution is 2.28. The van der Waals surface area contributed by atoms with Crippen molar-refractivity contribution in [2.24, 2.45) is 0 Å². The van der Waals surface area contributed by atoms with Crippen LogP contribution < -0.4 is 21.3 Å². The van der Waals surface area contributed by atoms with Crippen LogP contribution in [0.2, 0.25) is 0 Å². The van der Waals surface area contributed by atoms with E-state index in [1.807, 2.05) is 97.2 Å². The molecule has 0 fully saturated rings. The summed E-state index contributed by atoms with van der Waals surface area (Å²) in [6.45, 7) is 0.510. The van der Waals surface area contributed by atoms with Crippen LogP contribution in [0.15, 0.2) is 103 Å². The molecule has 2 amide bonds. The fourth-order valence-electron chi connectivity index (χ4n) is 3.24. The smallest absolute Gasteiger partial charge is 0.319 e. The SMILES string of the molecule is O=C(NCCc1cncc(Nc2ccccc2Nc2ccccc2)c1)Nc1ccccc1. The number of anilines is 5. The molecule has 1 aromatic heterocycles. The Bertz CT molecular complexity index is 1150. The van der Waals surface area contributed by atoms with Crippen LogP contribution in [-0.4, -0.2) is 17.6 Å². The quantitative estimate of drug-likeness (QED) is 0.283. The number of pyridine rings is 1. The van der Waals surface area contributed by atoms with Gasteiger partial charge in [0.05, 0.1) is 23.3 Å². The predicted octanol–water partition coefficient (Wildman–Crippen LogP) is 5.93. The van der Waals surface area contributed by atoms with Gasteiger partial charge in [-0.25, -0.2) is 4.79 Å². The molecule has 0 aliphatic rings. The highest BCUT2D eigenvalue weighted by molar-refractivity contribution is 5.89. The summed E-state index contributed by atoms with van der Waals surface area (Å²) in [6.07, 6.45) is 4.28. The van der Waals surface area contributed by atoms with Crippen LogP contribution in [0.4, 0.5) is 33.2 Å². The number of urea groups is 1. The highest BCUT2D eigenvalue weighted by atomic mass is 16.2. The summed E-state index contributed by atoms with van der Waals surface area (Å²) in [7, 11) is 0. The van der Waals surface area contributed by atoms with Crippen molar-refractivity contribution in [1.29, 1.82) is 0 Å². The summed E-state index contributed by atoms with van der Waals surface area (Å²) in [5.74, 6) is 0. The van der Waals surface area contributed by atoms with E-state index >= 15 is 0 Å². The molecule has 0 saturated heterocycles. The summed E-state index contributed by atoms with van der Waals surface area (Å²) >= 11 is 0. The van der Waals surface area contributed by atoms with Crippen molar-refractivity contribution in [2.45, 2.75) is 6.42 Å². The van der Waals surface area contributed by atoms with Gasteiger partial charge in [0, 0.05) is 24.1 Å². The third-order valence-corrected chi connectivity index (χ3v) is 4.78. The van der Waals surface area contributed by atoms with Gasteiger partial charge in [0.2, 0.25) is 0 Å². The number of amides is 2. The fraction of sp³-hybridized carbons (Fsp3) is 0.0769. The molecule has 0 radical (unpaired) electrons. The van der Waals surface area contributed by atoms with Gasteiger partial charge in [0.25, 0.3) is 0 Å². The Morgan fingerprint density at radius 1 is 0.688 bits per heavy atom. The first-order valence-corrected chi connectivity index (χ1v) is 10.5. The average Bonchev–Trinajstić information content (AvgIpc) is 2.82. The summed E-state index contributed by atoms with van der Waals surface area (Å²) in [4.78, 5) is 16.4. The first-order valence-electron chi connectivity index (χ1n) is 10.5. The molecule has 3 aromatic carbocycles. The molecule has 6 nitrogen and oxygen atoms in total. The minimum absolute atomic E-state index is 0.223. The molecule has 4 aromatic rings. The number of benzene rings is 3. The second kappa shape index (κ2) is 10.6. The van der Waals surface area contributed by atoms with E-state index in [2.05, 4.69) is 26.3 Å². The zero-order chi connectivity index (χ0) is 22.0. The van der Waals surface area contributed by atoms with E-state index in [0.29, 0.717) is 13.0 Å². The molecular formula is C26H25N5O. The first kappa shape index (κ1) is 20.9. The number of hydrogen-bond acceptors (Lipinski definition) is 4. The topological polar surface area (TPSA) is 78.1 Å². The monoisotopic (exact) mass is 423 g/mol. The Kier molecular flexibility index (Phi) is 6.95. The molecule has 160 valence electrons. The van der Waals surface area contributed by atoms with Crippen molar-refractivity contribution in [2.75, 3.05) is 22.5 Å². The maximum atomic E-state index is 12.0. The molecule has 0 spiro atoms. The number of carbonyl (C=O) groups excluding carboxylic acids is 1. The molecule has 0 atom stereocenters. The number of carbonyl (C=O) groups is 1. The standard InChI is InChI=1S/C26H25N5O/c32-26(31-22-11-5-2-6-12-22)28-16-15-20-17-23(19-27-18-20)30-25-14-8-7-13-24(25)29-21-9-3-1-4-10-21/h1-14,17-19,29-30H,15-16H2,(H2,28,31,32). The molecule has 1 heterocycles. The van der Waals surface area contributed by atoms with Gasteiger partial charge < -0.3 is 21.3 Å². The van der Waals surface area contributed by atoms with Crippen LogP contribution in [0.25, 0.3) is 0 Å². The minimum Gasteiger partial charge on any atom is -0.354 e. The third kappa shape index (κ3) is 6.09. The average molecular weight is 424 g/mol. The number of nitrogens with one attached hydrogen (secondary N) is 4. The lowest BCUT2D eigenvalue weighted by Gasteiger charge is -2.14. The van der Waals surface area contributed by atoms with Crippen molar-refractivity contribution in [3.8, 4) is 0 Å². The summed E-state index contributed by atoms with van der Waals surface area (Å²) < 4.78 is 0. The predicted molar refractivity (Wildman–Crippen MR) is 131 cm³/mol. The normalized spacial score (nSPS) is 10.2. The molecule has 0 unspecified atom stereocenters. The Labute approximate surface area is 187 Å². The zero-order valence-electron chi connectivity index (χ0n) is 17.6.